The third kappa shape index (κ3) is 2.72. The molecule has 2 fully saturated rings. The summed E-state index contributed by atoms with van der Waals surface area (Å²) in [6.07, 6.45) is -0.428. The van der Waals surface area contributed by atoms with Crippen LogP contribution in [0.25, 0.3) is 0 Å². The lowest BCUT2D eigenvalue weighted by Gasteiger charge is -2.58. The number of hydrogen-bond donors (Lipinski definition) is 2. The Hall–Kier alpha value is -1.83. The molecule has 2 unspecified atom stereocenters. The number of nitrogens with two attached hydrogens (primary N) is 1. The summed E-state index contributed by atoms with van der Waals surface area (Å²) >= 11 is 0. The Morgan fingerprint density at radius 3 is 2.42 bits per heavy atom. The molecule has 24 heavy (non-hydrogen) atoms. The summed E-state index contributed by atoms with van der Waals surface area (Å²) in [5.74, 6) is -1.12. The van der Waals surface area contributed by atoms with Crippen molar-refractivity contribution in [1.82, 2.24) is 9.80 Å². The van der Waals surface area contributed by atoms with Gasteiger partial charge in [0.25, 0.3) is 5.91 Å². The average Bonchev–Trinajstić information content (AvgIpc) is 2.88. The number of amides is 3. The number of aliphatic hydroxyl groups is 1. The number of hydrogen-bond acceptors (Lipinski definition) is 5. The summed E-state index contributed by atoms with van der Waals surface area (Å²) in [6.45, 7) is 8.91. The Labute approximate surface area is 141 Å². The van der Waals surface area contributed by atoms with Gasteiger partial charge in [0.1, 0.15) is 17.2 Å². The third-order valence-corrected chi connectivity index (χ3v) is 4.80. The van der Waals surface area contributed by atoms with Crippen LogP contribution in [0.3, 0.4) is 0 Å². The Balaban J connectivity index is 2.26. The molecular weight excluding hydrogens is 314 g/mol. The van der Waals surface area contributed by atoms with Gasteiger partial charge >= 0.3 is 6.09 Å². The fourth-order valence-corrected chi connectivity index (χ4v) is 3.79. The standard InChI is InChI=1S/C16H27N3O5/c1-9(20)11(12(17)21)19-10(2)16(13(19)22)7-6-8-18(16)14(23)24-15(3,4)5/h9-11,20H,6-8H2,1-5H3,(H2,17,21)/t9-,10?,11+,16?/m1/s1. The second kappa shape index (κ2) is 5.91. The van der Waals surface area contributed by atoms with Gasteiger partial charge < -0.3 is 20.5 Å². The fraction of sp³-hybridized carbons (Fsp3) is 0.812. The van der Waals surface area contributed by atoms with Gasteiger partial charge in [0.15, 0.2) is 0 Å². The highest BCUT2D eigenvalue weighted by Gasteiger charge is 2.67. The second-order valence-corrected chi connectivity index (χ2v) is 7.64. The summed E-state index contributed by atoms with van der Waals surface area (Å²) in [5.41, 5.74) is 3.67. The van der Waals surface area contributed by atoms with E-state index >= 15 is 0 Å². The van der Waals surface area contributed by atoms with E-state index in [0.29, 0.717) is 19.4 Å². The number of aliphatic hydroxyl groups excluding tert-OH is 1. The van der Waals surface area contributed by atoms with Crippen LogP contribution in [0.4, 0.5) is 4.79 Å². The minimum absolute atomic E-state index is 0.358. The van der Waals surface area contributed by atoms with Crippen molar-refractivity contribution in [3.05, 3.63) is 0 Å². The Morgan fingerprint density at radius 2 is 2.00 bits per heavy atom. The lowest BCUT2D eigenvalue weighted by atomic mass is 9.75. The zero-order chi connectivity index (χ0) is 18.4. The monoisotopic (exact) mass is 341 g/mol. The van der Waals surface area contributed by atoms with E-state index in [1.54, 1.807) is 27.7 Å². The normalized spacial score (nSPS) is 29.4. The van der Waals surface area contributed by atoms with Crippen LogP contribution in [0.2, 0.25) is 0 Å². The molecule has 0 radical (unpaired) electrons. The molecule has 0 saturated carbocycles. The summed E-state index contributed by atoms with van der Waals surface area (Å²) < 4.78 is 5.42. The minimum Gasteiger partial charge on any atom is -0.444 e. The van der Waals surface area contributed by atoms with Crippen molar-refractivity contribution in [3.63, 3.8) is 0 Å². The molecule has 2 rings (SSSR count). The molecule has 2 heterocycles. The number of likely N-dealkylation sites (tertiary alicyclic amines) is 2. The SMILES string of the molecule is CC1N([C@H](C(N)=O)[C@@H](C)O)C(=O)C12CCCN2C(=O)OC(C)(C)C. The molecule has 0 aromatic heterocycles. The highest BCUT2D eigenvalue weighted by Crippen LogP contribution is 2.46. The van der Waals surface area contributed by atoms with Gasteiger partial charge in [-0.15, -0.1) is 0 Å². The first-order valence-corrected chi connectivity index (χ1v) is 8.24. The van der Waals surface area contributed by atoms with Crippen molar-refractivity contribution in [2.75, 3.05) is 6.54 Å². The lowest BCUT2D eigenvalue weighted by molar-refractivity contribution is -0.182. The van der Waals surface area contributed by atoms with E-state index in [9.17, 15) is 19.5 Å². The van der Waals surface area contributed by atoms with Crippen LogP contribution in [0.5, 0.6) is 0 Å². The van der Waals surface area contributed by atoms with E-state index in [1.807, 2.05) is 0 Å². The van der Waals surface area contributed by atoms with Gasteiger partial charge in [0.05, 0.1) is 12.1 Å². The van der Waals surface area contributed by atoms with Crippen LogP contribution in [-0.2, 0) is 14.3 Å². The van der Waals surface area contributed by atoms with Crippen LogP contribution in [0, 0.1) is 0 Å². The van der Waals surface area contributed by atoms with Gasteiger partial charge in [0.2, 0.25) is 5.91 Å². The van der Waals surface area contributed by atoms with E-state index in [2.05, 4.69) is 0 Å². The highest BCUT2D eigenvalue weighted by atomic mass is 16.6. The number of ether oxygens (including phenoxy) is 1. The summed E-state index contributed by atoms with van der Waals surface area (Å²) in [6, 6.07) is -1.52. The molecule has 3 amide bonds. The highest BCUT2D eigenvalue weighted by molar-refractivity contribution is 6.00. The van der Waals surface area contributed by atoms with E-state index in [-0.39, 0.29) is 5.91 Å². The maximum absolute atomic E-state index is 12.9. The number of carbonyl (C=O) groups excluding carboxylic acids is 3. The number of rotatable bonds is 3. The van der Waals surface area contributed by atoms with Gasteiger partial charge in [-0.25, -0.2) is 4.79 Å². The van der Waals surface area contributed by atoms with E-state index in [1.165, 1.54) is 16.7 Å². The zero-order valence-corrected chi connectivity index (χ0v) is 14.9. The number of nitrogens with zero attached hydrogens (tertiary/aromatic N) is 2. The molecule has 8 nitrogen and oxygen atoms in total. The first kappa shape index (κ1) is 18.5. The smallest absolute Gasteiger partial charge is 0.411 e. The van der Waals surface area contributed by atoms with Crippen molar-refractivity contribution < 1.29 is 24.2 Å². The van der Waals surface area contributed by atoms with Gasteiger partial charge in [0, 0.05) is 6.54 Å². The van der Waals surface area contributed by atoms with Crippen molar-refractivity contribution in [3.8, 4) is 0 Å². The molecule has 0 aromatic rings. The Morgan fingerprint density at radius 1 is 1.42 bits per heavy atom. The van der Waals surface area contributed by atoms with Crippen LogP contribution < -0.4 is 5.73 Å². The molecule has 2 aliphatic heterocycles. The van der Waals surface area contributed by atoms with E-state index in [4.69, 9.17) is 10.5 Å². The Bertz CT molecular complexity index is 556. The molecule has 1 spiro atoms. The first-order chi connectivity index (χ1) is 10.9. The molecule has 4 atom stereocenters. The second-order valence-electron chi connectivity index (χ2n) is 7.64. The molecule has 0 aromatic carbocycles. The predicted octanol–water partition coefficient (Wildman–Crippen LogP) is 0.222. The van der Waals surface area contributed by atoms with Crippen LogP contribution in [0.1, 0.15) is 47.5 Å². The number of carbonyl (C=O) groups is 3. The fourth-order valence-electron chi connectivity index (χ4n) is 3.79. The zero-order valence-electron chi connectivity index (χ0n) is 14.9. The van der Waals surface area contributed by atoms with Crippen molar-refractivity contribution in [2.45, 2.75) is 76.8 Å². The van der Waals surface area contributed by atoms with Gasteiger partial charge in [-0.1, -0.05) is 0 Å². The topological polar surface area (TPSA) is 113 Å². The maximum atomic E-state index is 12.9. The van der Waals surface area contributed by atoms with Crippen LogP contribution in [-0.4, -0.2) is 68.7 Å². The molecular formula is C16H27N3O5. The number of β-lactam (4-membered cyclic amide) rings is 1. The molecule has 2 saturated heterocycles. The van der Waals surface area contributed by atoms with Crippen molar-refractivity contribution in [1.29, 1.82) is 0 Å². The molecule has 3 N–H and O–H groups in total. The van der Waals surface area contributed by atoms with E-state index < -0.39 is 41.3 Å². The lowest BCUT2D eigenvalue weighted by Crippen LogP contribution is -2.81. The molecule has 2 aliphatic rings. The van der Waals surface area contributed by atoms with Gasteiger partial charge in [-0.3, -0.25) is 14.5 Å². The average molecular weight is 341 g/mol. The first-order valence-electron chi connectivity index (χ1n) is 8.24. The summed E-state index contributed by atoms with van der Waals surface area (Å²) in [4.78, 5) is 39.8. The molecule has 8 heteroatoms. The minimum atomic E-state index is -1.10. The van der Waals surface area contributed by atoms with Gasteiger partial charge in [-0.05, 0) is 47.5 Å². The number of primary amides is 1. The van der Waals surface area contributed by atoms with Crippen molar-refractivity contribution in [2.24, 2.45) is 5.73 Å². The quantitative estimate of drug-likeness (QED) is 0.713. The third-order valence-electron chi connectivity index (χ3n) is 4.80. The summed E-state index contributed by atoms with van der Waals surface area (Å²) in [5, 5.41) is 9.81. The van der Waals surface area contributed by atoms with Crippen LogP contribution >= 0.6 is 0 Å². The molecule has 136 valence electrons. The maximum Gasteiger partial charge on any atom is 0.411 e. The predicted molar refractivity (Wildman–Crippen MR) is 85.9 cm³/mol. The van der Waals surface area contributed by atoms with E-state index in [0.717, 1.165) is 0 Å². The van der Waals surface area contributed by atoms with Crippen molar-refractivity contribution >= 4 is 17.9 Å². The largest absolute Gasteiger partial charge is 0.444 e. The van der Waals surface area contributed by atoms with Crippen LogP contribution in [0.15, 0.2) is 0 Å². The summed E-state index contributed by atoms with van der Waals surface area (Å²) in [7, 11) is 0. The van der Waals surface area contributed by atoms with Gasteiger partial charge in [-0.2, -0.15) is 0 Å². The Kier molecular flexibility index (Phi) is 4.56. The molecule has 0 aliphatic carbocycles. The molecule has 0 bridgehead atoms.